The lowest BCUT2D eigenvalue weighted by Crippen LogP contribution is -2.51. The maximum atomic E-state index is 13.5. The molecule has 2 amide bonds. The van der Waals surface area contributed by atoms with Crippen molar-refractivity contribution in [3.8, 4) is 11.1 Å². The van der Waals surface area contributed by atoms with Gasteiger partial charge in [-0.1, -0.05) is 66.7 Å². The summed E-state index contributed by atoms with van der Waals surface area (Å²) in [5.74, 6) is -0.392. The van der Waals surface area contributed by atoms with Crippen molar-refractivity contribution in [3.05, 3.63) is 118 Å². The first-order chi connectivity index (χ1) is 21.8. The van der Waals surface area contributed by atoms with Crippen molar-refractivity contribution in [2.45, 2.75) is 25.2 Å². The zero-order valence-electron chi connectivity index (χ0n) is 24.8. The van der Waals surface area contributed by atoms with Gasteiger partial charge in [0.25, 0.3) is 5.91 Å². The lowest BCUT2D eigenvalue weighted by molar-refractivity contribution is -0.127. The van der Waals surface area contributed by atoms with Crippen LogP contribution in [0.2, 0.25) is 0 Å². The minimum absolute atomic E-state index is 0.00217. The van der Waals surface area contributed by atoms with E-state index in [1.54, 1.807) is 37.3 Å². The van der Waals surface area contributed by atoms with Crippen LogP contribution in [0.1, 0.15) is 39.2 Å². The zero-order chi connectivity index (χ0) is 31.5. The van der Waals surface area contributed by atoms with E-state index in [9.17, 15) is 18.9 Å². The molecular weight excluding hydrogens is 595 g/mol. The molecule has 11 nitrogen and oxygen atoms in total. The Balaban J connectivity index is 1.20. The molecule has 12 heteroatoms. The fourth-order valence-electron chi connectivity index (χ4n) is 5.75. The number of anilines is 1. The molecule has 2 aliphatic rings. The number of hydrogen-bond acceptors (Lipinski definition) is 8. The molecular formula is C33H32N4O7P+. The molecule has 0 bridgehead atoms. The number of ether oxygens (including phenoxy) is 2. The fourth-order valence-corrected chi connectivity index (χ4v) is 6.13. The highest BCUT2D eigenvalue weighted by Crippen LogP contribution is 2.44. The van der Waals surface area contributed by atoms with Gasteiger partial charge in [0.15, 0.2) is 12.9 Å². The van der Waals surface area contributed by atoms with Gasteiger partial charge >= 0.3 is 19.8 Å². The Hall–Kier alpha value is -4.70. The minimum atomic E-state index is -1.92. The topological polar surface area (TPSA) is 129 Å². The Morgan fingerprint density at radius 3 is 2.27 bits per heavy atom. The molecule has 6 rings (SSSR count). The van der Waals surface area contributed by atoms with Gasteiger partial charge in [0.2, 0.25) is 0 Å². The van der Waals surface area contributed by atoms with Gasteiger partial charge in [-0.25, -0.2) is 9.59 Å². The number of nitrogens with one attached hydrogen (secondary N) is 1. The van der Waals surface area contributed by atoms with Gasteiger partial charge in [0, 0.05) is 23.2 Å². The Morgan fingerprint density at radius 1 is 0.956 bits per heavy atom. The van der Waals surface area contributed by atoms with Gasteiger partial charge in [-0.15, -0.1) is 4.52 Å². The first-order valence-electron chi connectivity index (χ1n) is 14.5. The molecule has 1 aliphatic carbocycles. The number of amides is 2. The predicted molar refractivity (Wildman–Crippen MR) is 168 cm³/mol. The molecule has 2 heterocycles. The van der Waals surface area contributed by atoms with Crippen LogP contribution < -0.4 is 11.0 Å². The summed E-state index contributed by atoms with van der Waals surface area (Å²) in [4.78, 5) is 44.9. The highest BCUT2D eigenvalue weighted by atomic mass is 31.1. The number of aromatic nitrogens is 2. The first-order valence-corrected chi connectivity index (χ1v) is 16.2. The molecule has 1 fully saturated rings. The van der Waals surface area contributed by atoms with E-state index in [-0.39, 0.29) is 38.0 Å². The maximum Gasteiger partial charge on any atom is 0.504 e. The van der Waals surface area contributed by atoms with Crippen molar-refractivity contribution in [2.75, 3.05) is 38.3 Å². The van der Waals surface area contributed by atoms with E-state index in [4.69, 9.17) is 14.0 Å². The largest absolute Gasteiger partial charge is 0.504 e. The smallest absolute Gasteiger partial charge is 0.448 e. The van der Waals surface area contributed by atoms with Crippen LogP contribution in [0.5, 0.6) is 0 Å². The number of nitrogens with zero attached hydrogens (tertiary/aromatic N) is 3. The molecule has 3 aromatic carbocycles. The molecule has 1 N–H and O–H groups in total. The van der Waals surface area contributed by atoms with Crippen LogP contribution in [0.15, 0.2) is 89.9 Å². The van der Waals surface area contributed by atoms with Crippen LogP contribution in [0.25, 0.3) is 11.1 Å². The number of aryl methyl sites for hydroxylation is 1. The highest BCUT2D eigenvalue weighted by molar-refractivity contribution is 7.38. The van der Waals surface area contributed by atoms with Crippen molar-refractivity contribution < 1.29 is 28.2 Å². The summed E-state index contributed by atoms with van der Waals surface area (Å²) >= 11 is 0. The number of carbonyl (C=O) groups is 2. The Bertz CT molecular complexity index is 1770. The SMILES string of the molecule is Cc1cn(C2CN(C(=O)OCC3c4ccccc4-c4ccccc43)CC(CO[P+](C)=O)O2)c(=O)nc1NC(=O)c1ccccc1. The van der Waals surface area contributed by atoms with Gasteiger partial charge in [-0.2, -0.15) is 4.98 Å². The minimum Gasteiger partial charge on any atom is -0.448 e. The molecule has 0 spiro atoms. The molecule has 0 saturated carbocycles. The summed E-state index contributed by atoms with van der Waals surface area (Å²) in [6, 6.07) is 24.8. The summed E-state index contributed by atoms with van der Waals surface area (Å²) in [5.41, 5.74) is 4.70. The molecule has 45 heavy (non-hydrogen) atoms. The number of benzene rings is 3. The van der Waals surface area contributed by atoms with Crippen molar-refractivity contribution in [1.82, 2.24) is 14.5 Å². The molecule has 1 saturated heterocycles. The van der Waals surface area contributed by atoms with Crippen molar-refractivity contribution in [1.29, 1.82) is 0 Å². The predicted octanol–water partition coefficient (Wildman–Crippen LogP) is 5.34. The number of carbonyl (C=O) groups excluding carboxylic acids is 2. The van der Waals surface area contributed by atoms with Crippen molar-refractivity contribution in [3.63, 3.8) is 0 Å². The Morgan fingerprint density at radius 2 is 1.60 bits per heavy atom. The van der Waals surface area contributed by atoms with Crippen molar-refractivity contribution in [2.24, 2.45) is 0 Å². The average molecular weight is 628 g/mol. The summed E-state index contributed by atoms with van der Waals surface area (Å²) in [6.07, 6.45) is -0.659. The van der Waals surface area contributed by atoms with Crippen molar-refractivity contribution >= 4 is 25.8 Å². The van der Waals surface area contributed by atoms with E-state index in [1.165, 1.54) is 22.3 Å². The van der Waals surface area contributed by atoms with E-state index in [0.29, 0.717) is 11.1 Å². The fraction of sp³-hybridized carbons (Fsp3) is 0.273. The van der Waals surface area contributed by atoms with Crippen LogP contribution in [-0.4, -0.2) is 65.5 Å². The first kappa shape index (κ1) is 30.3. The standard InChI is InChI=1S/C33H31N4O7P/c1-21-16-37(32(39)35-30(21)34-31(38)22-10-4-3-5-11-22)29-18-36(17-23(44-29)19-43-45(2)41)33(40)42-20-28-26-14-8-6-12-24(26)25-13-7-9-15-27(25)28/h3-16,23,28-29H,17-20H2,1-2H3/p+1. The van der Waals surface area contributed by atoms with Gasteiger partial charge < -0.3 is 19.7 Å². The number of morpholine rings is 1. The van der Waals surface area contributed by atoms with Gasteiger partial charge in [0.05, 0.1) is 13.1 Å². The molecule has 4 aromatic rings. The maximum absolute atomic E-state index is 13.5. The summed E-state index contributed by atoms with van der Waals surface area (Å²) in [7, 11) is -1.92. The van der Waals surface area contributed by atoms with Crippen LogP contribution >= 0.6 is 8.03 Å². The van der Waals surface area contributed by atoms with Crippen LogP contribution in [-0.2, 0) is 18.6 Å². The molecule has 0 radical (unpaired) electrons. The summed E-state index contributed by atoms with van der Waals surface area (Å²) in [5, 5.41) is 2.68. The van der Waals surface area contributed by atoms with E-state index in [0.717, 1.165) is 22.3 Å². The van der Waals surface area contributed by atoms with Crippen LogP contribution in [0.3, 0.4) is 0 Å². The third-order valence-corrected chi connectivity index (χ3v) is 8.41. The lowest BCUT2D eigenvalue weighted by Gasteiger charge is -2.37. The lowest BCUT2D eigenvalue weighted by atomic mass is 9.98. The number of rotatable bonds is 8. The van der Waals surface area contributed by atoms with Gasteiger partial charge in [0.1, 0.15) is 25.1 Å². The molecule has 1 aliphatic heterocycles. The number of fused-ring (bicyclic) bond motifs is 3. The van der Waals surface area contributed by atoms with Gasteiger partial charge in [-0.3, -0.25) is 9.36 Å². The van der Waals surface area contributed by atoms with E-state index in [1.807, 2.05) is 36.4 Å². The van der Waals surface area contributed by atoms with Crippen LogP contribution in [0, 0.1) is 6.92 Å². The third-order valence-electron chi connectivity index (χ3n) is 7.90. The summed E-state index contributed by atoms with van der Waals surface area (Å²) in [6.45, 7) is 3.33. The zero-order valence-corrected chi connectivity index (χ0v) is 25.7. The normalized spacial score (nSPS) is 17.7. The molecule has 1 aromatic heterocycles. The highest BCUT2D eigenvalue weighted by Gasteiger charge is 2.36. The second-order valence-corrected chi connectivity index (χ2v) is 12.1. The monoisotopic (exact) mass is 627 g/mol. The quantitative estimate of drug-likeness (QED) is 0.259. The van der Waals surface area contributed by atoms with E-state index >= 15 is 0 Å². The molecule has 230 valence electrons. The Kier molecular flexibility index (Phi) is 8.84. The van der Waals surface area contributed by atoms with E-state index in [2.05, 4.69) is 22.4 Å². The second kappa shape index (κ2) is 13.1. The van der Waals surface area contributed by atoms with Gasteiger partial charge in [-0.05, 0) is 45.9 Å². The second-order valence-electron chi connectivity index (χ2n) is 10.9. The molecule has 3 atom stereocenters. The Labute approximate surface area is 260 Å². The van der Waals surface area contributed by atoms with E-state index < -0.39 is 38.0 Å². The van der Waals surface area contributed by atoms with Crippen LogP contribution in [0.4, 0.5) is 10.6 Å². The average Bonchev–Trinajstić information content (AvgIpc) is 3.38. The number of hydrogen-bond donors (Lipinski definition) is 1. The summed E-state index contributed by atoms with van der Waals surface area (Å²) < 4.78 is 30.3. The third kappa shape index (κ3) is 6.56. The molecule has 3 unspecified atom stereocenters.